The molecule has 26 heavy (non-hydrogen) atoms. The van der Waals surface area contributed by atoms with Crippen molar-refractivity contribution in [3.05, 3.63) is 72.2 Å². The molecule has 0 fully saturated rings. The second kappa shape index (κ2) is 6.76. The van der Waals surface area contributed by atoms with E-state index >= 15 is 0 Å². The molecule has 0 aliphatic heterocycles. The summed E-state index contributed by atoms with van der Waals surface area (Å²) in [6.45, 7) is 0.209. The maximum Gasteiger partial charge on any atom is 0.373 e. The summed E-state index contributed by atoms with van der Waals surface area (Å²) >= 11 is 0. The molecule has 1 N–H and O–H groups in total. The zero-order valence-corrected chi connectivity index (χ0v) is 14.1. The fourth-order valence-corrected chi connectivity index (χ4v) is 2.64. The molecule has 0 amide bonds. The Balaban J connectivity index is 1.50. The van der Waals surface area contributed by atoms with Crippen LogP contribution in [0.2, 0.25) is 0 Å². The number of H-pyrrole nitrogens is 1. The average molecular weight is 348 g/mol. The van der Waals surface area contributed by atoms with Gasteiger partial charge in [-0.3, -0.25) is 0 Å². The Morgan fingerprint density at radius 1 is 1.12 bits per heavy atom. The van der Waals surface area contributed by atoms with Gasteiger partial charge in [0.15, 0.2) is 0 Å². The van der Waals surface area contributed by atoms with E-state index in [4.69, 9.17) is 9.15 Å². The van der Waals surface area contributed by atoms with Gasteiger partial charge >= 0.3 is 5.97 Å². The summed E-state index contributed by atoms with van der Waals surface area (Å²) in [6, 6.07) is 18.8. The van der Waals surface area contributed by atoms with E-state index in [1.54, 1.807) is 12.1 Å². The molecule has 0 aliphatic carbocycles. The first-order valence-corrected chi connectivity index (χ1v) is 8.08. The summed E-state index contributed by atoms with van der Waals surface area (Å²) < 4.78 is 15.8. The Bertz CT molecular complexity index is 1030. The number of para-hydroxylation sites is 2. The lowest BCUT2D eigenvalue weighted by molar-refractivity contribution is 0.0561. The van der Waals surface area contributed by atoms with Gasteiger partial charge in [0.25, 0.3) is 0 Å². The zero-order chi connectivity index (χ0) is 17.9. The molecule has 4 aromatic rings. The molecule has 0 saturated heterocycles. The van der Waals surface area contributed by atoms with Crippen molar-refractivity contribution in [2.75, 3.05) is 7.11 Å². The van der Waals surface area contributed by atoms with Crippen LogP contribution in [0.3, 0.4) is 0 Å². The second-order valence-corrected chi connectivity index (χ2v) is 5.68. The van der Waals surface area contributed by atoms with Crippen molar-refractivity contribution in [2.24, 2.45) is 0 Å². The zero-order valence-electron chi connectivity index (χ0n) is 14.1. The largest absolute Gasteiger partial charge is 0.486 e. The summed E-state index contributed by atoms with van der Waals surface area (Å²) in [4.78, 5) is 19.3. The third kappa shape index (κ3) is 3.17. The molecule has 0 atom stereocenters. The van der Waals surface area contributed by atoms with Gasteiger partial charge in [0, 0.05) is 5.56 Å². The van der Waals surface area contributed by atoms with Gasteiger partial charge in [0.05, 0.1) is 18.1 Å². The van der Waals surface area contributed by atoms with Gasteiger partial charge < -0.3 is 18.9 Å². The number of carbonyl (C=O) groups is 1. The van der Waals surface area contributed by atoms with E-state index in [0.29, 0.717) is 11.5 Å². The van der Waals surface area contributed by atoms with Gasteiger partial charge in [-0.15, -0.1) is 0 Å². The first-order chi connectivity index (χ1) is 12.7. The Labute approximate surface area is 149 Å². The van der Waals surface area contributed by atoms with Crippen molar-refractivity contribution < 1.29 is 18.7 Å². The highest BCUT2D eigenvalue weighted by Gasteiger charge is 2.11. The number of carbonyl (C=O) groups excluding carboxylic acids is 1. The van der Waals surface area contributed by atoms with Gasteiger partial charge in [-0.05, 0) is 36.4 Å². The van der Waals surface area contributed by atoms with Crippen LogP contribution >= 0.6 is 0 Å². The molecule has 0 saturated carbocycles. The minimum atomic E-state index is -0.511. The van der Waals surface area contributed by atoms with Crippen LogP contribution in [0, 0.1) is 0 Å². The van der Waals surface area contributed by atoms with Crippen molar-refractivity contribution in [1.29, 1.82) is 0 Å². The molecule has 0 unspecified atom stereocenters. The van der Waals surface area contributed by atoms with Crippen LogP contribution in [-0.4, -0.2) is 23.0 Å². The predicted octanol–water partition coefficient (Wildman–Crippen LogP) is 4.19. The standard InChI is InChI=1S/C20H16N2O4/c1-24-20(23)18-10-9-15(26-18)12-25-14-6-4-5-13(11-14)19-21-16-7-2-3-8-17(16)22-19/h2-11H,12H2,1H3,(H,21,22). The first-order valence-electron chi connectivity index (χ1n) is 8.08. The number of benzene rings is 2. The molecule has 0 aliphatic rings. The molecule has 4 rings (SSSR count). The predicted molar refractivity (Wildman–Crippen MR) is 95.9 cm³/mol. The minimum absolute atomic E-state index is 0.155. The molecule has 0 spiro atoms. The number of aromatic nitrogens is 2. The number of rotatable bonds is 5. The van der Waals surface area contributed by atoms with Gasteiger partial charge in [0.1, 0.15) is 23.9 Å². The Morgan fingerprint density at radius 3 is 2.85 bits per heavy atom. The summed E-state index contributed by atoms with van der Waals surface area (Å²) in [6.07, 6.45) is 0. The van der Waals surface area contributed by atoms with E-state index in [0.717, 1.165) is 22.4 Å². The quantitative estimate of drug-likeness (QED) is 0.547. The Morgan fingerprint density at radius 2 is 2.00 bits per heavy atom. The lowest BCUT2D eigenvalue weighted by atomic mass is 10.2. The van der Waals surface area contributed by atoms with Crippen LogP contribution in [0.15, 0.2) is 65.1 Å². The molecule has 0 bridgehead atoms. The van der Waals surface area contributed by atoms with Crippen molar-refractivity contribution in [2.45, 2.75) is 6.61 Å². The number of imidazole rings is 1. The third-order valence-corrected chi connectivity index (χ3v) is 3.93. The van der Waals surface area contributed by atoms with Crippen molar-refractivity contribution >= 4 is 17.0 Å². The van der Waals surface area contributed by atoms with E-state index in [1.807, 2.05) is 48.5 Å². The first kappa shape index (κ1) is 16.0. The van der Waals surface area contributed by atoms with E-state index in [2.05, 4.69) is 14.7 Å². The fourth-order valence-electron chi connectivity index (χ4n) is 2.64. The fraction of sp³-hybridized carbons (Fsp3) is 0.100. The second-order valence-electron chi connectivity index (χ2n) is 5.68. The number of ether oxygens (including phenoxy) is 2. The number of nitrogens with one attached hydrogen (secondary N) is 1. The van der Waals surface area contributed by atoms with Gasteiger partial charge in [-0.2, -0.15) is 0 Å². The highest BCUT2D eigenvalue weighted by molar-refractivity contribution is 5.86. The minimum Gasteiger partial charge on any atom is -0.486 e. The van der Waals surface area contributed by atoms with Crippen molar-refractivity contribution in [1.82, 2.24) is 9.97 Å². The van der Waals surface area contributed by atoms with E-state index < -0.39 is 5.97 Å². The number of nitrogens with zero attached hydrogens (tertiary/aromatic N) is 1. The van der Waals surface area contributed by atoms with Gasteiger partial charge in [-0.1, -0.05) is 24.3 Å². The Hall–Kier alpha value is -3.54. The van der Waals surface area contributed by atoms with E-state index in [9.17, 15) is 4.79 Å². The molecule has 130 valence electrons. The number of fused-ring (bicyclic) bond motifs is 1. The van der Waals surface area contributed by atoms with Crippen LogP contribution in [0.4, 0.5) is 0 Å². The van der Waals surface area contributed by atoms with Crippen LogP contribution in [-0.2, 0) is 11.3 Å². The lowest BCUT2D eigenvalue weighted by Gasteiger charge is -2.05. The number of esters is 1. The number of aromatic amines is 1. The van der Waals surface area contributed by atoms with Gasteiger partial charge in [-0.25, -0.2) is 9.78 Å². The number of hydrogen-bond acceptors (Lipinski definition) is 5. The molecule has 6 heteroatoms. The third-order valence-electron chi connectivity index (χ3n) is 3.93. The topological polar surface area (TPSA) is 77.4 Å². The summed E-state index contributed by atoms with van der Waals surface area (Å²) in [7, 11) is 1.31. The van der Waals surface area contributed by atoms with Crippen molar-refractivity contribution in [3.8, 4) is 17.1 Å². The van der Waals surface area contributed by atoms with Crippen LogP contribution < -0.4 is 4.74 Å². The van der Waals surface area contributed by atoms with E-state index in [1.165, 1.54) is 7.11 Å². The molecule has 2 aromatic heterocycles. The number of furan rings is 1. The monoisotopic (exact) mass is 348 g/mol. The molecular weight excluding hydrogens is 332 g/mol. The molecule has 2 aromatic carbocycles. The molecule has 0 radical (unpaired) electrons. The van der Waals surface area contributed by atoms with Crippen LogP contribution in [0.5, 0.6) is 5.75 Å². The number of hydrogen-bond donors (Lipinski definition) is 1. The highest BCUT2D eigenvalue weighted by Crippen LogP contribution is 2.24. The highest BCUT2D eigenvalue weighted by atomic mass is 16.5. The van der Waals surface area contributed by atoms with Crippen LogP contribution in [0.1, 0.15) is 16.3 Å². The summed E-state index contributed by atoms with van der Waals surface area (Å²) in [5.41, 5.74) is 2.83. The maximum atomic E-state index is 11.4. The molecule has 6 nitrogen and oxygen atoms in total. The normalized spacial score (nSPS) is 10.8. The SMILES string of the molecule is COC(=O)c1ccc(COc2cccc(-c3nc4ccccc4[nH]3)c2)o1. The van der Waals surface area contributed by atoms with Crippen LogP contribution in [0.25, 0.3) is 22.4 Å². The van der Waals surface area contributed by atoms with E-state index in [-0.39, 0.29) is 12.4 Å². The lowest BCUT2D eigenvalue weighted by Crippen LogP contribution is -1.99. The summed E-state index contributed by atoms with van der Waals surface area (Å²) in [5, 5.41) is 0. The molecular formula is C20H16N2O4. The smallest absolute Gasteiger partial charge is 0.373 e. The number of methoxy groups -OCH3 is 1. The maximum absolute atomic E-state index is 11.4. The van der Waals surface area contributed by atoms with Gasteiger partial charge in [0.2, 0.25) is 5.76 Å². The molecule has 2 heterocycles. The summed E-state index contributed by atoms with van der Waals surface area (Å²) in [5.74, 6) is 1.64. The Kier molecular flexibility index (Phi) is 4.15. The van der Waals surface area contributed by atoms with Crippen molar-refractivity contribution in [3.63, 3.8) is 0 Å². The average Bonchev–Trinajstić information content (AvgIpc) is 3.33.